The molecule has 0 radical (unpaired) electrons. The lowest BCUT2D eigenvalue weighted by Gasteiger charge is -2.16. The number of para-hydroxylation sites is 1. The third kappa shape index (κ3) is 4.51. The fourth-order valence-corrected chi connectivity index (χ4v) is 4.16. The van der Waals surface area contributed by atoms with Crippen molar-refractivity contribution in [2.24, 2.45) is 0 Å². The van der Waals surface area contributed by atoms with E-state index in [1.807, 2.05) is 37.3 Å². The van der Waals surface area contributed by atoms with Crippen molar-refractivity contribution in [3.63, 3.8) is 0 Å². The molecule has 2 aromatic carbocycles. The van der Waals surface area contributed by atoms with Gasteiger partial charge in [0, 0.05) is 28.9 Å². The Labute approximate surface area is 192 Å². The first-order valence-corrected chi connectivity index (χ1v) is 11.1. The highest BCUT2D eigenvalue weighted by atomic mass is 16.5. The van der Waals surface area contributed by atoms with E-state index in [9.17, 15) is 9.59 Å². The molecule has 0 fully saturated rings. The van der Waals surface area contributed by atoms with E-state index in [1.54, 1.807) is 19.4 Å². The van der Waals surface area contributed by atoms with Gasteiger partial charge in [-0.1, -0.05) is 39.0 Å². The molecule has 33 heavy (non-hydrogen) atoms. The van der Waals surface area contributed by atoms with Gasteiger partial charge in [-0.05, 0) is 42.0 Å². The van der Waals surface area contributed by atoms with E-state index in [4.69, 9.17) is 13.6 Å². The van der Waals surface area contributed by atoms with Crippen molar-refractivity contribution in [2.75, 3.05) is 13.7 Å². The molecule has 0 aliphatic carbocycles. The zero-order chi connectivity index (χ0) is 23.8. The molecule has 1 N–H and O–H groups in total. The molecule has 6 nitrogen and oxygen atoms in total. The predicted octanol–water partition coefficient (Wildman–Crippen LogP) is 5.06. The maximum absolute atomic E-state index is 12.7. The second-order valence-electron chi connectivity index (χ2n) is 9.33. The minimum Gasteiger partial charge on any atom is -0.496 e. The van der Waals surface area contributed by atoms with E-state index >= 15 is 0 Å². The fraction of sp³-hybridized carbons (Fsp3) is 0.333. The summed E-state index contributed by atoms with van der Waals surface area (Å²) in [6.45, 7) is 8.68. The van der Waals surface area contributed by atoms with Crippen molar-refractivity contribution < 1.29 is 18.4 Å². The Kier molecular flexibility index (Phi) is 6.02. The number of rotatable bonds is 6. The molecule has 0 saturated carbocycles. The standard InChI is InChI=1S/C27H29NO5/c1-16-18-12-20-21(27(2,3)4)15-32-23(20)14-24(18)33-26(30)19(16)13-25(29)28-11-10-17-8-6-7-9-22(17)31-5/h6-9,12,14-15H,10-11,13H2,1-5H3,(H,28,29). The van der Waals surface area contributed by atoms with Crippen LogP contribution in [0.5, 0.6) is 5.75 Å². The van der Waals surface area contributed by atoms with Crippen LogP contribution in [0, 0.1) is 6.92 Å². The molecular weight excluding hydrogens is 418 g/mol. The number of amides is 1. The number of hydrogen-bond donors (Lipinski definition) is 1. The number of carbonyl (C=O) groups excluding carboxylic acids is 1. The maximum atomic E-state index is 12.7. The van der Waals surface area contributed by atoms with E-state index in [1.165, 1.54) is 0 Å². The first-order chi connectivity index (χ1) is 15.7. The summed E-state index contributed by atoms with van der Waals surface area (Å²) in [5.74, 6) is 0.567. The third-order valence-corrected chi connectivity index (χ3v) is 6.04. The highest BCUT2D eigenvalue weighted by Crippen LogP contribution is 2.35. The fourth-order valence-electron chi connectivity index (χ4n) is 4.16. The minimum absolute atomic E-state index is 0.0361. The molecule has 2 aromatic heterocycles. The normalized spacial score (nSPS) is 11.8. The SMILES string of the molecule is COc1ccccc1CCNC(=O)Cc1c(C)c2cc3c(C(C)(C)C)coc3cc2oc1=O. The molecule has 4 rings (SSSR count). The lowest BCUT2D eigenvalue weighted by atomic mass is 9.86. The molecule has 2 heterocycles. The molecular formula is C27H29NO5. The second kappa shape index (κ2) is 8.77. The van der Waals surface area contributed by atoms with E-state index in [0.717, 1.165) is 33.2 Å². The Bertz CT molecular complexity index is 1390. The lowest BCUT2D eigenvalue weighted by molar-refractivity contribution is -0.120. The van der Waals surface area contributed by atoms with Gasteiger partial charge in [0.05, 0.1) is 25.4 Å². The van der Waals surface area contributed by atoms with Crippen molar-refractivity contribution in [3.8, 4) is 5.75 Å². The quantitative estimate of drug-likeness (QED) is 0.418. The Morgan fingerprint density at radius 2 is 1.85 bits per heavy atom. The lowest BCUT2D eigenvalue weighted by Crippen LogP contribution is -2.29. The molecule has 0 spiro atoms. The number of ether oxygens (including phenoxy) is 1. The van der Waals surface area contributed by atoms with Gasteiger partial charge in [0.1, 0.15) is 16.9 Å². The van der Waals surface area contributed by atoms with E-state index in [0.29, 0.717) is 29.7 Å². The van der Waals surface area contributed by atoms with Gasteiger partial charge in [-0.2, -0.15) is 0 Å². The van der Waals surface area contributed by atoms with Crippen LogP contribution < -0.4 is 15.7 Å². The van der Waals surface area contributed by atoms with Gasteiger partial charge in [-0.15, -0.1) is 0 Å². The van der Waals surface area contributed by atoms with Crippen LogP contribution in [-0.4, -0.2) is 19.6 Å². The topological polar surface area (TPSA) is 81.7 Å². The van der Waals surface area contributed by atoms with Gasteiger partial charge < -0.3 is 18.9 Å². The summed E-state index contributed by atoms with van der Waals surface area (Å²) in [6, 6.07) is 11.5. The summed E-state index contributed by atoms with van der Waals surface area (Å²) in [7, 11) is 1.63. The van der Waals surface area contributed by atoms with Gasteiger partial charge in [0.25, 0.3) is 0 Å². The molecule has 0 aliphatic rings. The summed E-state index contributed by atoms with van der Waals surface area (Å²) in [4.78, 5) is 25.3. The highest BCUT2D eigenvalue weighted by Gasteiger charge is 2.22. The van der Waals surface area contributed by atoms with Gasteiger partial charge >= 0.3 is 5.63 Å². The average molecular weight is 448 g/mol. The van der Waals surface area contributed by atoms with Crippen molar-refractivity contribution in [2.45, 2.75) is 46.0 Å². The molecule has 6 heteroatoms. The number of nitrogens with one attached hydrogen (secondary N) is 1. The number of aryl methyl sites for hydroxylation is 1. The molecule has 0 bridgehead atoms. The van der Waals surface area contributed by atoms with Crippen LogP contribution in [0.25, 0.3) is 21.9 Å². The van der Waals surface area contributed by atoms with Gasteiger partial charge in [-0.25, -0.2) is 4.79 Å². The zero-order valence-electron chi connectivity index (χ0n) is 19.7. The monoisotopic (exact) mass is 447 g/mol. The number of carbonyl (C=O) groups is 1. The first kappa shape index (κ1) is 22.6. The van der Waals surface area contributed by atoms with Crippen LogP contribution in [0.3, 0.4) is 0 Å². The van der Waals surface area contributed by atoms with Crippen molar-refractivity contribution >= 4 is 27.8 Å². The highest BCUT2D eigenvalue weighted by molar-refractivity contribution is 5.97. The molecule has 0 atom stereocenters. The number of hydrogen-bond acceptors (Lipinski definition) is 5. The summed E-state index contributed by atoms with van der Waals surface area (Å²) in [5, 5.41) is 4.69. The summed E-state index contributed by atoms with van der Waals surface area (Å²) in [5.41, 5.74) is 3.77. The van der Waals surface area contributed by atoms with Crippen molar-refractivity contribution in [1.82, 2.24) is 5.32 Å². The molecule has 0 unspecified atom stereocenters. The Morgan fingerprint density at radius 3 is 2.58 bits per heavy atom. The maximum Gasteiger partial charge on any atom is 0.340 e. The number of methoxy groups -OCH3 is 1. The van der Waals surface area contributed by atoms with E-state index in [-0.39, 0.29) is 17.7 Å². The van der Waals surface area contributed by atoms with Crippen LogP contribution >= 0.6 is 0 Å². The van der Waals surface area contributed by atoms with Crippen molar-refractivity contribution in [3.05, 3.63) is 75.3 Å². The van der Waals surface area contributed by atoms with Crippen molar-refractivity contribution in [1.29, 1.82) is 0 Å². The average Bonchev–Trinajstić information content (AvgIpc) is 3.19. The molecule has 4 aromatic rings. The minimum atomic E-state index is -0.498. The van der Waals surface area contributed by atoms with Crippen LogP contribution in [0.1, 0.15) is 43.0 Å². The van der Waals surface area contributed by atoms with Crippen LogP contribution in [0.2, 0.25) is 0 Å². The number of fused-ring (bicyclic) bond motifs is 2. The van der Waals surface area contributed by atoms with E-state index < -0.39 is 5.63 Å². The first-order valence-electron chi connectivity index (χ1n) is 11.1. The second-order valence-corrected chi connectivity index (χ2v) is 9.33. The number of benzene rings is 2. The van der Waals surface area contributed by atoms with Gasteiger partial charge in [0.2, 0.25) is 5.91 Å². The van der Waals surface area contributed by atoms with Crippen LogP contribution in [-0.2, 0) is 23.1 Å². The molecule has 172 valence electrons. The zero-order valence-corrected chi connectivity index (χ0v) is 19.7. The molecule has 0 aliphatic heterocycles. The summed E-state index contributed by atoms with van der Waals surface area (Å²) in [6.07, 6.45) is 2.35. The van der Waals surface area contributed by atoms with Gasteiger partial charge in [0.15, 0.2) is 0 Å². The molecule has 0 saturated heterocycles. The van der Waals surface area contributed by atoms with Crippen LogP contribution in [0.4, 0.5) is 0 Å². The van der Waals surface area contributed by atoms with E-state index in [2.05, 4.69) is 26.1 Å². The summed E-state index contributed by atoms with van der Waals surface area (Å²) < 4.78 is 16.6. The van der Waals surface area contributed by atoms with Gasteiger partial charge in [-0.3, -0.25) is 4.79 Å². The Balaban J connectivity index is 1.57. The Hall–Kier alpha value is -3.54. The summed E-state index contributed by atoms with van der Waals surface area (Å²) >= 11 is 0. The molecule has 1 amide bonds. The third-order valence-electron chi connectivity index (χ3n) is 6.04. The van der Waals surface area contributed by atoms with Crippen LogP contribution in [0.15, 0.2) is 56.3 Å². The Morgan fingerprint density at radius 1 is 1.09 bits per heavy atom. The smallest absolute Gasteiger partial charge is 0.340 e. The predicted molar refractivity (Wildman–Crippen MR) is 129 cm³/mol. The largest absolute Gasteiger partial charge is 0.496 e. The number of furan rings is 1.